The molecule has 160 valence electrons. The van der Waals surface area contributed by atoms with Crippen LogP contribution in [0.5, 0.6) is 0 Å². The number of H-pyrrole nitrogens is 1. The summed E-state index contributed by atoms with van der Waals surface area (Å²) in [7, 11) is 1.30. The highest BCUT2D eigenvalue weighted by Gasteiger charge is 2.31. The molecule has 3 rings (SSSR count). The van der Waals surface area contributed by atoms with Crippen molar-refractivity contribution in [2.24, 2.45) is 5.92 Å². The van der Waals surface area contributed by atoms with Crippen molar-refractivity contribution in [3.05, 3.63) is 58.2 Å². The highest BCUT2D eigenvalue weighted by atomic mass is 19.1. The van der Waals surface area contributed by atoms with Crippen molar-refractivity contribution >= 4 is 17.8 Å². The normalized spacial score (nSPS) is 16.3. The summed E-state index contributed by atoms with van der Waals surface area (Å²) >= 11 is 0. The zero-order valence-electron chi connectivity index (χ0n) is 17.4. The Hall–Kier alpha value is -3.16. The maximum Gasteiger partial charge on any atom is 0.339 e. The van der Waals surface area contributed by atoms with E-state index in [1.807, 2.05) is 0 Å². The fourth-order valence-corrected chi connectivity index (χ4v) is 3.89. The lowest BCUT2D eigenvalue weighted by molar-refractivity contribution is -0.126. The predicted octanol–water partition coefficient (Wildman–Crippen LogP) is 2.73. The number of hydrogen-bond acceptors (Lipinski definition) is 4. The topological polar surface area (TPSA) is 91.5 Å². The number of carbonyl (C=O) groups excluding carboxylic acids is 3. The van der Waals surface area contributed by atoms with Gasteiger partial charge < -0.3 is 19.9 Å². The van der Waals surface area contributed by atoms with Crippen molar-refractivity contribution in [2.75, 3.05) is 20.2 Å². The smallest absolute Gasteiger partial charge is 0.339 e. The van der Waals surface area contributed by atoms with Gasteiger partial charge in [-0.2, -0.15) is 0 Å². The molecule has 8 heteroatoms. The predicted molar refractivity (Wildman–Crippen MR) is 108 cm³/mol. The molecule has 1 aromatic carbocycles. The molecule has 0 bridgehead atoms. The molecule has 2 N–H and O–H groups in total. The van der Waals surface area contributed by atoms with Gasteiger partial charge in [0.15, 0.2) is 0 Å². The third kappa shape index (κ3) is 4.53. The van der Waals surface area contributed by atoms with Crippen molar-refractivity contribution in [3.8, 4) is 0 Å². The molecule has 0 unspecified atom stereocenters. The van der Waals surface area contributed by atoms with Gasteiger partial charge in [0.25, 0.3) is 5.91 Å². The summed E-state index contributed by atoms with van der Waals surface area (Å²) in [6, 6.07) is 6.08. The van der Waals surface area contributed by atoms with Crippen LogP contribution in [0.15, 0.2) is 24.3 Å². The first-order chi connectivity index (χ1) is 14.3. The van der Waals surface area contributed by atoms with Crippen LogP contribution >= 0.6 is 0 Å². The van der Waals surface area contributed by atoms with Crippen LogP contribution in [0.1, 0.15) is 50.5 Å². The van der Waals surface area contributed by atoms with E-state index in [1.165, 1.54) is 19.2 Å². The molecular formula is C22H26FN3O4. The molecule has 0 radical (unpaired) electrons. The summed E-state index contributed by atoms with van der Waals surface area (Å²) < 4.78 is 18.1. The van der Waals surface area contributed by atoms with Crippen LogP contribution in [0, 0.1) is 25.6 Å². The number of hydrogen-bond donors (Lipinski definition) is 2. The van der Waals surface area contributed by atoms with Crippen molar-refractivity contribution in [1.82, 2.24) is 15.2 Å². The maximum absolute atomic E-state index is 13.3. The van der Waals surface area contributed by atoms with Crippen LogP contribution in [0.3, 0.4) is 0 Å². The Labute approximate surface area is 174 Å². The average Bonchev–Trinajstić information content (AvgIpc) is 3.05. The number of methoxy groups -OCH3 is 1. The van der Waals surface area contributed by atoms with E-state index >= 15 is 0 Å². The molecule has 0 saturated carbocycles. The SMILES string of the molecule is COC(=O)c1c(C)[nH]c(C(=O)N2CCC[C@@H](C(=O)NCc3cccc(F)c3)C2)c1C. The molecule has 7 nitrogen and oxygen atoms in total. The van der Waals surface area contributed by atoms with E-state index in [0.717, 1.165) is 0 Å². The van der Waals surface area contributed by atoms with E-state index in [0.29, 0.717) is 54.0 Å². The first-order valence-electron chi connectivity index (χ1n) is 9.90. The van der Waals surface area contributed by atoms with Crippen LogP contribution in [-0.4, -0.2) is 47.9 Å². The zero-order valence-corrected chi connectivity index (χ0v) is 17.4. The van der Waals surface area contributed by atoms with Crippen LogP contribution in [0.25, 0.3) is 0 Å². The first-order valence-corrected chi connectivity index (χ1v) is 9.90. The van der Waals surface area contributed by atoms with Crippen LogP contribution in [0.2, 0.25) is 0 Å². The largest absolute Gasteiger partial charge is 0.465 e. The number of halogens is 1. The summed E-state index contributed by atoms with van der Waals surface area (Å²) in [5.41, 5.74) is 2.50. The van der Waals surface area contributed by atoms with Crippen LogP contribution in [-0.2, 0) is 16.1 Å². The third-order valence-corrected chi connectivity index (χ3v) is 5.48. The molecule has 0 aliphatic carbocycles. The number of ether oxygens (including phenoxy) is 1. The van der Waals surface area contributed by atoms with Gasteiger partial charge in [0, 0.05) is 25.3 Å². The van der Waals surface area contributed by atoms with Gasteiger partial charge in [-0.3, -0.25) is 9.59 Å². The number of aromatic amines is 1. The van der Waals surface area contributed by atoms with Gasteiger partial charge in [-0.05, 0) is 49.9 Å². The molecular weight excluding hydrogens is 389 g/mol. The minimum atomic E-state index is -0.492. The molecule has 2 amide bonds. The Bertz CT molecular complexity index is 969. The second-order valence-corrected chi connectivity index (χ2v) is 7.55. The molecule has 1 aliphatic rings. The number of rotatable bonds is 5. The quantitative estimate of drug-likeness (QED) is 0.735. The first kappa shape index (κ1) is 21.5. The van der Waals surface area contributed by atoms with Gasteiger partial charge in [-0.15, -0.1) is 0 Å². The van der Waals surface area contributed by atoms with E-state index < -0.39 is 5.97 Å². The van der Waals surface area contributed by atoms with E-state index in [2.05, 4.69) is 10.3 Å². The monoisotopic (exact) mass is 415 g/mol. The minimum Gasteiger partial charge on any atom is -0.465 e. The van der Waals surface area contributed by atoms with E-state index in [9.17, 15) is 18.8 Å². The van der Waals surface area contributed by atoms with Crippen LogP contribution in [0.4, 0.5) is 4.39 Å². The number of nitrogens with one attached hydrogen (secondary N) is 2. The average molecular weight is 415 g/mol. The molecule has 1 atom stereocenters. The highest BCUT2D eigenvalue weighted by molar-refractivity contribution is 6.00. The number of piperidine rings is 1. The van der Waals surface area contributed by atoms with Crippen molar-refractivity contribution < 1.29 is 23.5 Å². The Balaban J connectivity index is 1.66. The number of benzene rings is 1. The van der Waals surface area contributed by atoms with Gasteiger partial charge in [0.1, 0.15) is 11.5 Å². The lowest BCUT2D eigenvalue weighted by Crippen LogP contribution is -2.45. The summed E-state index contributed by atoms with van der Waals surface area (Å²) in [6.07, 6.45) is 1.38. The van der Waals surface area contributed by atoms with Gasteiger partial charge in [-0.25, -0.2) is 9.18 Å². The van der Waals surface area contributed by atoms with E-state index in [-0.39, 0.29) is 30.1 Å². The minimum absolute atomic E-state index is 0.161. The van der Waals surface area contributed by atoms with Crippen molar-refractivity contribution in [3.63, 3.8) is 0 Å². The molecule has 0 spiro atoms. The molecule has 2 aromatic rings. The fraction of sp³-hybridized carbons (Fsp3) is 0.409. The standard InChI is InChI=1S/C22H26FN3O4/c1-13-18(22(29)30-3)14(2)25-19(13)21(28)26-9-5-7-16(12-26)20(27)24-11-15-6-4-8-17(23)10-15/h4,6,8,10,16,25H,5,7,9,11-12H2,1-3H3,(H,24,27)/t16-/m1/s1. The summed E-state index contributed by atoms with van der Waals surface area (Å²) in [5.74, 6) is -1.58. The summed E-state index contributed by atoms with van der Waals surface area (Å²) in [6.45, 7) is 4.49. The van der Waals surface area contributed by atoms with Crippen LogP contribution < -0.4 is 5.32 Å². The van der Waals surface area contributed by atoms with E-state index in [1.54, 1.807) is 30.9 Å². The van der Waals surface area contributed by atoms with E-state index in [4.69, 9.17) is 4.74 Å². The molecule has 1 fully saturated rings. The lowest BCUT2D eigenvalue weighted by Gasteiger charge is -2.32. The van der Waals surface area contributed by atoms with Crippen molar-refractivity contribution in [1.29, 1.82) is 0 Å². The highest BCUT2D eigenvalue weighted by Crippen LogP contribution is 2.23. The number of esters is 1. The maximum atomic E-state index is 13.3. The fourth-order valence-electron chi connectivity index (χ4n) is 3.89. The Morgan fingerprint density at radius 2 is 2.07 bits per heavy atom. The zero-order chi connectivity index (χ0) is 21.8. The Morgan fingerprint density at radius 1 is 1.30 bits per heavy atom. The number of aryl methyl sites for hydroxylation is 1. The van der Waals surface area contributed by atoms with Crippen molar-refractivity contribution in [2.45, 2.75) is 33.2 Å². The van der Waals surface area contributed by atoms with Gasteiger partial charge in [-0.1, -0.05) is 12.1 Å². The van der Waals surface area contributed by atoms with Gasteiger partial charge in [0.2, 0.25) is 5.91 Å². The molecule has 2 heterocycles. The molecule has 1 saturated heterocycles. The van der Waals surface area contributed by atoms with Gasteiger partial charge in [0.05, 0.1) is 18.6 Å². The molecule has 1 aromatic heterocycles. The summed E-state index contributed by atoms with van der Waals surface area (Å²) in [5, 5.41) is 2.83. The Morgan fingerprint density at radius 3 is 2.77 bits per heavy atom. The number of likely N-dealkylation sites (tertiary alicyclic amines) is 1. The molecule has 1 aliphatic heterocycles. The second-order valence-electron chi connectivity index (χ2n) is 7.55. The number of aromatic nitrogens is 1. The summed E-state index contributed by atoms with van der Waals surface area (Å²) in [4.78, 5) is 42.3. The van der Waals surface area contributed by atoms with Gasteiger partial charge >= 0.3 is 5.97 Å². The Kier molecular flexibility index (Phi) is 6.54. The second kappa shape index (κ2) is 9.11. The third-order valence-electron chi connectivity index (χ3n) is 5.48. The molecule has 30 heavy (non-hydrogen) atoms. The number of nitrogens with zero attached hydrogens (tertiary/aromatic N) is 1. The number of amides is 2. The lowest BCUT2D eigenvalue weighted by atomic mass is 9.96. The number of carbonyl (C=O) groups is 3.